The molecule has 3 aromatic rings. The Morgan fingerprint density at radius 3 is 1.17 bits per heavy atom. The molecule has 2 aliphatic heterocycles. The molecule has 6 atom stereocenters. The molecule has 2 saturated heterocycles. The van der Waals surface area contributed by atoms with Crippen LogP contribution in [0.3, 0.4) is 0 Å². The van der Waals surface area contributed by atoms with Gasteiger partial charge in [0.05, 0.1) is 25.4 Å². The lowest BCUT2D eigenvalue weighted by molar-refractivity contribution is -0.237. The fourth-order valence-corrected chi connectivity index (χ4v) is 6.99. The molecule has 0 spiro atoms. The van der Waals surface area contributed by atoms with Gasteiger partial charge in [0.25, 0.3) is 0 Å². The molecule has 0 aliphatic carbocycles. The van der Waals surface area contributed by atoms with Crippen molar-refractivity contribution in [2.45, 2.75) is 116 Å². The van der Waals surface area contributed by atoms with Gasteiger partial charge in [0, 0.05) is 23.0 Å². The van der Waals surface area contributed by atoms with Crippen LogP contribution in [0.4, 0.5) is 0 Å². The average Bonchev–Trinajstić information content (AvgIpc) is 3.12. The van der Waals surface area contributed by atoms with Crippen molar-refractivity contribution in [3.05, 3.63) is 109 Å². The third-order valence-electron chi connectivity index (χ3n) is 10.3. The van der Waals surface area contributed by atoms with Crippen LogP contribution in [0.5, 0.6) is 0 Å². The minimum atomic E-state index is -0.292. The van der Waals surface area contributed by atoms with Crippen molar-refractivity contribution in [2.24, 2.45) is 11.8 Å². The van der Waals surface area contributed by atoms with Crippen LogP contribution in [0.25, 0.3) is 22.3 Å². The second-order valence-corrected chi connectivity index (χ2v) is 13.9. The van der Waals surface area contributed by atoms with Crippen LogP contribution in [-0.4, -0.2) is 25.4 Å². The van der Waals surface area contributed by atoms with Crippen molar-refractivity contribution in [1.82, 2.24) is 0 Å². The highest BCUT2D eigenvalue weighted by Gasteiger charge is 2.30. The van der Waals surface area contributed by atoms with E-state index >= 15 is 0 Å². The third-order valence-corrected chi connectivity index (χ3v) is 10.3. The van der Waals surface area contributed by atoms with Gasteiger partial charge in [-0.05, 0) is 74.6 Å². The maximum absolute atomic E-state index is 6.32. The highest BCUT2D eigenvalue weighted by atomic mass is 16.7. The Balaban J connectivity index is 1.07. The Kier molecular flexibility index (Phi) is 14.5. The smallest absolute Gasteiger partial charge is 0.184 e. The largest absolute Gasteiger partial charge is 0.348 e. The molecule has 0 amide bonds. The summed E-state index contributed by atoms with van der Waals surface area (Å²) in [7, 11) is 0. The molecule has 0 bridgehead atoms. The standard InChI is InChI=1S/C44H58O4/c1-5-7-9-11-13-15-17-41-31-45-43(47-33(41)3)39-27-23-37(24-28-39)35-19-21-36(22-20-35)38-25-29-40(30-26-38)44-46-32-42(34(4)48-44)18-16-14-12-10-8-6-2/h5-6,19-30,33-34,41-44H,1-2,7-18,31-32H2,3-4H3. The number of ether oxygens (including phenoxy) is 4. The van der Waals surface area contributed by atoms with E-state index < -0.39 is 0 Å². The van der Waals surface area contributed by atoms with Crippen molar-refractivity contribution < 1.29 is 18.9 Å². The van der Waals surface area contributed by atoms with Crippen LogP contribution in [0.2, 0.25) is 0 Å². The summed E-state index contributed by atoms with van der Waals surface area (Å²) in [5.41, 5.74) is 6.92. The number of unbranched alkanes of at least 4 members (excludes halogenated alkanes) is 8. The van der Waals surface area contributed by atoms with Gasteiger partial charge in [-0.2, -0.15) is 0 Å². The van der Waals surface area contributed by atoms with Gasteiger partial charge in [0.15, 0.2) is 12.6 Å². The van der Waals surface area contributed by atoms with Crippen LogP contribution < -0.4 is 0 Å². The zero-order valence-corrected chi connectivity index (χ0v) is 29.5. The molecular formula is C44H58O4. The van der Waals surface area contributed by atoms with Crippen molar-refractivity contribution in [2.75, 3.05) is 13.2 Å². The Bertz CT molecular complexity index is 1260. The molecule has 4 nitrogen and oxygen atoms in total. The topological polar surface area (TPSA) is 36.9 Å². The first-order valence-electron chi connectivity index (χ1n) is 18.6. The van der Waals surface area contributed by atoms with Crippen molar-refractivity contribution in [3.63, 3.8) is 0 Å². The highest BCUT2D eigenvalue weighted by Crippen LogP contribution is 2.35. The summed E-state index contributed by atoms with van der Waals surface area (Å²) in [4.78, 5) is 0. The van der Waals surface area contributed by atoms with Crippen LogP contribution in [-0.2, 0) is 18.9 Å². The van der Waals surface area contributed by atoms with E-state index in [4.69, 9.17) is 18.9 Å². The van der Waals surface area contributed by atoms with Gasteiger partial charge in [0.1, 0.15) is 0 Å². The maximum atomic E-state index is 6.32. The van der Waals surface area contributed by atoms with Crippen LogP contribution in [0.15, 0.2) is 98.1 Å². The van der Waals surface area contributed by atoms with Crippen LogP contribution >= 0.6 is 0 Å². The summed E-state index contributed by atoms with van der Waals surface area (Å²) in [6.45, 7) is 13.6. The first kappa shape index (κ1) is 36.3. The number of hydrogen-bond donors (Lipinski definition) is 0. The van der Waals surface area contributed by atoms with E-state index in [0.717, 1.165) is 37.2 Å². The van der Waals surface area contributed by atoms with Gasteiger partial charge in [-0.15, -0.1) is 13.2 Å². The fraction of sp³-hybridized carbons (Fsp3) is 0.500. The van der Waals surface area contributed by atoms with E-state index in [-0.39, 0.29) is 24.8 Å². The van der Waals surface area contributed by atoms with Gasteiger partial charge in [-0.3, -0.25) is 0 Å². The van der Waals surface area contributed by atoms with Gasteiger partial charge in [-0.25, -0.2) is 0 Å². The molecule has 0 saturated carbocycles. The third kappa shape index (κ3) is 10.5. The Morgan fingerprint density at radius 2 is 0.833 bits per heavy atom. The maximum Gasteiger partial charge on any atom is 0.184 e. The zero-order valence-electron chi connectivity index (χ0n) is 29.5. The quantitative estimate of drug-likeness (QED) is 0.101. The van der Waals surface area contributed by atoms with Crippen molar-refractivity contribution in [1.29, 1.82) is 0 Å². The van der Waals surface area contributed by atoms with E-state index in [1.807, 2.05) is 12.2 Å². The van der Waals surface area contributed by atoms with Gasteiger partial charge in [-0.1, -0.05) is 123 Å². The normalized spacial score (nSPS) is 24.3. The molecule has 6 unspecified atom stereocenters. The Hall–Kier alpha value is -3.02. The summed E-state index contributed by atoms with van der Waals surface area (Å²) in [5.74, 6) is 0.940. The summed E-state index contributed by atoms with van der Waals surface area (Å²) in [6, 6.07) is 26.1. The lowest BCUT2D eigenvalue weighted by atomic mass is 9.95. The molecule has 3 aromatic carbocycles. The molecule has 4 heteroatoms. The fourth-order valence-electron chi connectivity index (χ4n) is 6.99. The highest BCUT2D eigenvalue weighted by molar-refractivity contribution is 5.70. The predicted molar refractivity (Wildman–Crippen MR) is 199 cm³/mol. The van der Waals surface area contributed by atoms with Gasteiger partial charge in [0.2, 0.25) is 0 Å². The lowest BCUT2D eigenvalue weighted by Gasteiger charge is -2.35. The van der Waals surface area contributed by atoms with Crippen LogP contribution in [0.1, 0.15) is 115 Å². The summed E-state index contributed by atoms with van der Waals surface area (Å²) in [5, 5.41) is 0. The van der Waals surface area contributed by atoms with E-state index in [9.17, 15) is 0 Å². The average molecular weight is 651 g/mol. The number of benzene rings is 3. The second kappa shape index (κ2) is 19.2. The second-order valence-electron chi connectivity index (χ2n) is 13.9. The molecular weight excluding hydrogens is 592 g/mol. The Labute approximate surface area is 290 Å². The molecule has 0 radical (unpaired) electrons. The number of allylic oxidation sites excluding steroid dienone is 2. The summed E-state index contributed by atoms with van der Waals surface area (Å²) >= 11 is 0. The lowest BCUT2D eigenvalue weighted by Crippen LogP contribution is -2.34. The van der Waals surface area contributed by atoms with Crippen molar-refractivity contribution >= 4 is 0 Å². The Morgan fingerprint density at radius 1 is 0.500 bits per heavy atom. The SMILES string of the molecule is C=CCCCCCCC1COC(c2ccc(-c3ccc(-c4ccc(C5OCC(CCCCCCC=C)C(C)O5)cc4)cc3)cc2)OC1C. The minimum absolute atomic E-state index is 0.203. The molecule has 0 N–H and O–H groups in total. The molecule has 48 heavy (non-hydrogen) atoms. The van der Waals surface area contributed by atoms with E-state index in [2.05, 4.69) is 99.8 Å². The molecule has 258 valence electrons. The number of rotatable bonds is 18. The molecule has 2 aliphatic rings. The zero-order chi connectivity index (χ0) is 33.6. The molecule has 5 rings (SSSR count). The first-order valence-corrected chi connectivity index (χ1v) is 18.6. The van der Waals surface area contributed by atoms with E-state index in [1.54, 1.807) is 0 Å². The molecule has 2 heterocycles. The van der Waals surface area contributed by atoms with Crippen LogP contribution in [0, 0.1) is 11.8 Å². The van der Waals surface area contributed by atoms with E-state index in [1.165, 1.54) is 86.5 Å². The molecule has 2 fully saturated rings. The van der Waals surface area contributed by atoms with E-state index in [0.29, 0.717) is 11.8 Å². The first-order chi connectivity index (χ1) is 23.6. The minimum Gasteiger partial charge on any atom is -0.348 e. The van der Waals surface area contributed by atoms with Gasteiger partial charge < -0.3 is 18.9 Å². The van der Waals surface area contributed by atoms with Gasteiger partial charge >= 0.3 is 0 Å². The summed E-state index contributed by atoms with van der Waals surface area (Å²) < 4.78 is 25.0. The van der Waals surface area contributed by atoms with Crippen molar-refractivity contribution in [3.8, 4) is 22.3 Å². The monoisotopic (exact) mass is 650 g/mol. The molecule has 0 aromatic heterocycles. The number of hydrogen-bond acceptors (Lipinski definition) is 4. The predicted octanol–water partition coefficient (Wildman–Crippen LogP) is 12.2. The summed E-state index contributed by atoms with van der Waals surface area (Å²) in [6.07, 6.45) is 18.5.